The number of pyridine rings is 2. The van der Waals surface area contributed by atoms with Gasteiger partial charge >= 0.3 is 6.18 Å². The Bertz CT molecular complexity index is 755. The summed E-state index contributed by atoms with van der Waals surface area (Å²) < 4.78 is 37.9. The molecule has 1 aliphatic rings. The summed E-state index contributed by atoms with van der Waals surface area (Å²) in [5, 5.41) is 24.2. The van der Waals surface area contributed by atoms with Crippen LogP contribution in [0.3, 0.4) is 0 Å². The molecule has 3 rings (SSSR count). The quantitative estimate of drug-likeness (QED) is 0.690. The molecule has 0 aliphatic carbocycles. The molecule has 0 spiro atoms. The number of halogens is 3. The van der Waals surface area contributed by atoms with Crippen LogP contribution in [-0.2, 0) is 12.7 Å². The first kappa shape index (κ1) is 19.7. The minimum Gasteiger partial charge on any atom is -0.377 e. The van der Waals surface area contributed by atoms with Crippen LogP contribution < -0.4 is 5.32 Å². The molecule has 27 heavy (non-hydrogen) atoms. The molecule has 0 radical (unpaired) electrons. The van der Waals surface area contributed by atoms with Crippen molar-refractivity contribution >= 4 is 0 Å². The SMILES string of the molecule is OC(NCc1cc(-c2ccc(C(F)(F)F)cn2)ccn1)C1CCCCN1O. The van der Waals surface area contributed by atoms with Gasteiger partial charge in [0.15, 0.2) is 0 Å². The van der Waals surface area contributed by atoms with Gasteiger partial charge in [-0.05, 0) is 37.1 Å². The highest BCUT2D eigenvalue weighted by Crippen LogP contribution is 2.29. The fourth-order valence-electron chi connectivity index (χ4n) is 3.07. The largest absolute Gasteiger partial charge is 0.417 e. The number of alkyl halides is 3. The Balaban J connectivity index is 1.65. The molecule has 2 aromatic rings. The lowest BCUT2D eigenvalue weighted by molar-refractivity contribution is -0.174. The second-order valence-corrected chi connectivity index (χ2v) is 6.52. The Morgan fingerprint density at radius 1 is 1.22 bits per heavy atom. The predicted molar refractivity (Wildman–Crippen MR) is 91.4 cm³/mol. The number of aliphatic hydroxyl groups is 1. The molecular weight excluding hydrogens is 361 g/mol. The number of hydrogen-bond donors (Lipinski definition) is 3. The first-order valence-corrected chi connectivity index (χ1v) is 8.70. The van der Waals surface area contributed by atoms with Crippen molar-refractivity contribution in [2.24, 2.45) is 0 Å². The maximum Gasteiger partial charge on any atom is 0.417 e. The zero-order chi connectivity index (χ0) is 19.4. The van der Waals surface area contributed by atoms with Gasteiger partial charge in [0.1, 0.15) is 6.23 Å². The predicted octanol–water partition coefficient (Wildman–Crippen LogP) is 2.81. The number of aromatic nitrogens is 2. The lowest BCUT2D eigenvalue weighted by Gasteiger charge is -2.34. The van der Waals surface area contributed by atoms with Crippen LogP contribution in [0.4, 0.5) is 13.2 Å². The Morgan fingerprint density at radius 2 is 2.04 bits per heavy atom. The third kappa shape index (κ3) is 5.01. The first-order valence-electron chi connectivity index (χ1n) is 8.70. The average Bonchev–Trinajstić information content (AvgIpc) is 2.66. The second kappa shape index (κ2) is 8.30. The molecule has 2 aromatic heterocycles. The van der Waals surface area contributed by atoms with Crippen molar-refractivity contribution in [3.8, 4) is 11.3 Å². The van der Waals surface area contributed by atoms with Gasteiger partial charge in [-0.1, -0.05) is 6.42 Å². The van der Waals surface area contributed by atoms with E-state index in [0.29, 0.717) is 29.9 Å². The molecule has 9 heteroatoms. The number of nitrogens with zero attached hydrogens (tertiary/aromatic N) is 3. The highest BCUT2D eigenvalue weighted by Gasteiger charge is 2.30. The van der Waals surface area contributed by atoms with Gasteiger partial charge in [0.2, 0.25) is 0 Å². The number of aliphatic hydroxyl groups excluding tert-OH is 1. The zero-order valence-electron chi connectivity index (χ0n) is 14.5. The molecule has 1 aliphatic heterocycles. The maximum absolute atomic E-state index is 12.6. The minimum atomic E-state index is -4.42. The van der Waals surface area contributed by atoms with E-state index in [1.807, 2.05) is 0 Å². The molecule has 0 amide bonds. The molecule has 146 valence electrons. The van der Waals surface area contributed by atoms with Crippen molar-refractivity contribution in [2.45, 2.75) is 44.3 Å². The summed E-state index contributed by atoms with van der Waals surface area (Å²) in [4.78, 5) is 8.08. The van der Waals surface area contributed by atoms with E-state index in [0.717, 1.165) is 30.2 Å². The Hall–Kier alpha value is -2.07. The maximum atomic E-state index is 12.6. The number of rotatable bonds is 5. The fourth-order valence-corrected chi connectivity index (χ4v) is 3.07. The number of hydroxylamine groups is 2. The summed E-state index contributed by atoms with van der Waals surface area (Å²) in [6.45, 7) is 0.775. The van der Waals surface area contributed by atoms with Crippen LogP contribution in [0.1, 0.15) is 30.5 Å². The van der Waals surface area contributed by atoms with Crippen molar-refractivity contribution in [3.63, 3.8) is 0 Å². The highest BCUT2D eigenvalue weighted by atomic mass is 19.4. The van der Waals surface area contributed by atoms with E-state index >= 15 is 0 Å². The van der Waals surface area contributed by atoms with Crippen LogP contribution in [0.15, 0.2) is 36.7 Å². The van der Waals surface area contributed by atoms with E-state index in [1.165, 1.54) is 12.3 Å². The monoisotopic (exact) mass is 382 g/mol. The van der Waals surface area contributed by atoms with E-state index in [4.69, 9.17) is 0 Å². The summed E-state index contributed by atoms with van der Waals surface area (Å²) >= 11 is 0. The van der Waals surface area contributed by atoms with Crippen molar-refractivity contribution in [1.82, 2.24) is 20.3 Å². The summed E-state index contributed by atoms with van der Waals surface area (Å²) in [6.07, 6.45) is -0.475. The Labute approximate surface area is 154 Å². The van der Waals surface area contributed by atoms with Crippen LogP contribution in [0.25, 0.3) is 11.3 Å². The molecule has 0 saturated carbocycles. The normalized spacial score (nSPS) is 19.8. The van der Waals surface area contributed by atoms with E-state index < -0.39 is 18.0 Å². The molecule has 1 fully saturated rings. The summed E-state index contributed by atoms with van der Waals surface area (Å²) in [5.41, 5.74) is 0.840. The van der Waals surface area contributed by atoms with Gasteiger partial charge in [-0.25, -0.2) is 0 Å². The van der Waals surface area contributed by atoms with Gasteiger partial charge in [0.25, 0.3) is 0 Å². The van der Waals surface area contributed by atoms with Crippen LogP contribution in [0.5, 0.6) is 0 Å². The molecule has 3 N–H and O–H groups in total. The standard InChI is InChI=1S/C18H21F3N4O2/c19-18(20,21)13-4-5-15(23-10-13)12-6-7-22-14(9-12)11-24-17(26)16-3-1-2-8-25(16)27/h4-7,9-10,16-17,24,26-27H,1-3,8,11H2. The van der Waals surface area contributed by atoms with Gasteiger partial charge < -0.3 is 10.3 Å². The molecule has 0 aromatic carbocycles. The summed E-state index contributed by atoms with van der Waals surface area (Å²) in [6, 6.07) is 5.29. The highest BCUT2D eigenvalue weighted by molar-refractivity contribution is 5.59. The van der Waals surface area contributed by atoms with Gasteiger partial charge in [-0.2, -0.15) is 18.2 Å². The smallest absolute Gasteiger partial charge is 0.377 e. The molecule has 2 unspecified atom stereocenters. The summed E-state index contributed by atoms with van der Waals surface area (Å²) in [7, 11) is 0. The van der Waals surface area contributed by atoms with Crippen LogP contribution in [0.2, 0.25) is 0 Å². The topological polar surface area (TPSA) is 81.5 Å². The molecule has 6 nitrogen and oxygen atoms in total. The lowest BCUT2D eigenvalue weighted by atomic mass is 10.0. The van der Waals surface area contributed by atoms with Crippen molar-refractivity contribution < 1.29 is 23.5 Å². The Morgan fingerprint density at radius 3 is 2.70 bits per heavy atom. The summed E-state index contributed by atoms with van der Waals surface area (Å²) in [5.74, 6) is 0. The third-order valence-electron chi connectivity index (χ3n) is 4.58. The number of piperidine rings is 1. The minimum absolute atomic E-state index is 0.250. The molecular formula is C18H21F3N4O2. The van der Waals surface area contributed by atoms with Gasteiger partial charge in [0, 0.05) is 31.0 Å². The second-order valence-electron chi connectivity index (χ2n) is 6.52. The van der Waals surface area contributed by atoms with Crippen LogP contribution in [0, 0.1) is 0 Å². The van der Waals surface area contributed by atoms with Gasteiger partial charge in [0.05, 0.1) is 23.0 Å². The first-order chi connectivity index (χ1) is 12.8. The number of nitrogens with one attached hydrogen (secondary N) is 1. The van der Waals surface area contributed by atoms with Gasteiger partial charge in [-0.15, -0.1) is 0 Å². The lowest BCUT2D eigenvalue weighted by Crippen LogP contribution is -2.50. The van der Waals surface area contributed by atoms with E-state index in [-0.39, 0.29) is 12.6 Å². The third-order valence-corrected chi connectivity index (χ3v) is 4.58. The van der Waals surface area contributed by atoms with Crippen LogP contribution in [-0.4, -0.2) is 44.2 Å². The van der Waals surface area contributed by atoms with Crippen LogP contribution >= 0.6 is 0 Å². The molecule has 2 atom stereocenters. The molecule has 0 bridgehead atoms. The average molecular weight is 382 g/mol. The fraction of sp³-hybridized carbons (Fsp3) is 0.444. The zero-order valence-corrected chi connectivity index (χ0v) is 14.5. The van der Waals surface area contributed by atoms with Crippen molar-refractivity contribution in [2.75, 3.05) is 6.54 Å². The molecule has 1 saturated heterocycles. The van der Waals surface area contributed by atoms with E-state index in [9.17, 15) is 23.5 Å². The van der Waals surface area contributed by atoms with E-state index in [2.05, 4.69) is 15.3 Å². The number of hydrogen-bond acceptors (Lipinski definition) is 6. The van der Waals surface area contributed by atoms with Crippen molar-refractivity contribution in [3.05, 3.63) is 47.9 Å². The van der Waals surface area contributed by atoms with E-state index in [1.54, 1.807) is 12.1 Å². The Kier molecular flexibility index (Phi) is 6.05. The van der Waals surface area contributed by atoms with Gasteiger partial charge in [-0.3, -0.25) is 15.3 Å². The van der Waals surface area contributed by atoms with Crippen molar-refractivity contribution in [1.29, 1.82) is 0 Å². The molecule has 3 heterocycles.